The zero-order chi connectivity index (χ0) is 15.6. The number of methoxy groups -OCH3 is 2. The zero-order valence-corrected chi connectivity index (χ0v) is 14.0. The van der Waals surface area contributed by atoms with Gasteiger partial charge in [-0.1, -0.05) is 0 Å². The Bertz CT molecular complexity index is 328. The first kappa shape index (κ1) is 17.2. The first-order valence-corrected chi connectivity index (χ1v) is 8.41. The molecule has 0 amide bonds. The number of nitrogens with zero attached hydrogens (tertiary/aromatic N) is 4. The Balaban J connectivity index is 1.64. The van der Waals surface area contributed by atoms with E-state index < -0.39 is 0 Å². The molecule has 0 aliphatic carbocycles. The summed E-state index contributed by atoms with van der Waals surface area (Å²) < 4.78 is 10.5. The van der Waals surface area contributed by atoms with Gasteiger partial charge in [0.15, 0.2) is 0 Å². The Morgan fingerprint density at radius 1 is 0.864 bits per heavy atom. The highest BCUT2D eigenvalue weighted by Gasteiger charge is 2.23. The van der Waals surface area contributed by atoms with Crippen LogP contribution in [0.25, 0.3) is 0 Å². The topological polar surface area (TPSA) is 49.7 Å². The molecule has 2 saturated heterocycles. The van der Waals surface area contributed by atoms with Crippen LogP contribution >= 0.6 is 0 Å². The molecule has 22 heavy (non-hydrogen) atoms. The summed E-state index contributed by atoms with van der Waals surface area (Å²) in [4.78, 5) is 0. The van der Waals surface area contributed by atoms with Gasteiger partial charge in [-0.25, -0.2) is 0 Å². The van der Waals surface area contributed by atoms with Crippen LogP contribution in [0.5, 0.6) is 0 Å². The van der Waals surface area contributed by atoms with Crippen LogP contribution in [0, 0.1) is 0 Å². The Morgan fingerprint density at radius 2 is 1.32 bits per heavy atom. The summed E-state index contributed by atoms with van der Waals surface area (Å²) in [6, 6.07) is 0.906. The molecule has 2 aliphatic heterocycles. The quantitative estimate of drug-likeness (QED) is 0.482. The van der Waals surface area contributed by atoms with Gasteiger partial charge in [-0.15, -0.1) is 0 Å². The molecule has 0 saturated carbocycles. The molecular weight excluding hydrogens is 280 g/mol. The lowest BCUT2D eigenvalue weighted by molar-refractivity contribution is 0.118. The highest BCUT2D eigenvalue weighted by atomic mass is 16.5. The van der Waals surface area contributed by atoms with Crippen LogP contribution < -0.4 is 0 Å². The Labute approximate surface area is 134 Å². The molecular formula is C16H30N4O2. The SMILES string of the molecule is COC[C@@H]1CCCN1/N=C/CC/C=N/N1CCC[C@H]1COC. The van der Waals surface area contributed by atoms with E-state index in [1.54, 1.807) is 14.2 Å². The molecule has 0 spiro atoms. The average Bonchev–Trinajstić information content (AvgIpc) is 3.14. The summed E-state index contributed by atoms with van der Waals surface area (Å²) >= 11 is 0. The number of hydrogen-bond donors (Lipinski definition) is 0. The number of unbranched alkanes of at least 4 members (excludes halogenated alkanes) is 1. The van der Waals surface area contributed by atoms with E-state index in [9.17, 15) is 0 Å². The predicted octanol–water partition coefficient (Wildman–Crippen LogP) is 1.96. The van der Waals surface area contributed by atoms with Crippen LogP contribution in [-0.4, -0.2) is 75.1 Å². The number of hydrazone groups is 2. The zero-order valence-electron chi connectivity index (χ0n) is 14.0. The first-order chi connectivity index (χ1) is 10.8. The van der Waals surface area contributed by atoms with Crippen molar-refractivity contribution >= 4 is 12.4 Å². The molecule has 0 radical (unpaired) electrons. The lowest BCUT2D eigenvalue weighted by Gasteiger charge is -2.20. The van der Waals surface area contributed by atoms with Gasteiger partial charge in [0.1, 0.15) is 0 Å². The summed E-state index contributed by atoms with van der Waals surface area (Å²) in [5, 5.41) is 13.5. The van der Waals surface area contributed by atoms with Crippen LogP contribution in [-0.2, 0) is 9.47 Å². The minimum atomic E-state index is 0.453. The second kappa shape index (κ2) is 9.79. The molecule has 0 unspecified atom stereocenters. The van der Waals surface area contributed by atoms with Gasteiger partial charge in [0.05, 0.1) is 25.3 Å². The Kier molecular flexibility index (Phi) is 7.66. The molecule has 0 bridgehead atoms. The van der Waals surface area contributed by atoms with Crippen LogP contribution in [0.3, 0.4) is 0 Å². The predicted molar refractivity (Wildman–Crippen MR) is 89.4 cm³/mol. The normalized spacial score (nSPS) is 26.1. The van der Waals surface area contributed by atoms with Crippen molar-refractivity contribution in [2.24, 2.45) is 10.2 Å². The standard InChI is InChI=1S/C16H30N4O2/c1-21-13-15-7-5-11-19(15)17-9-3-4-10-18-20-12-6-8-16(20)14-22-2/h9-10,15-16H,3-8,11-14H2,1-2H3/b17-9+,18-10+/t15-,16-/m0/s1. The molecule has 126 valence electrons. The molecule has 6 nitrogen and oxygen atoms in total. The molecule has 2 atom stereocenters. The van der Waals surface area contributed by atoms with Gasteiger partial charge < -0.3 is 9.47 Å². The van der Waals surface area contributed by atoms with Gasteiger partial charge in [0.25, 0.3) is 0 Å². The molecule has 0 aromatic rings. The summed E-state index contributed by atoms with van der Waals surface area (Å²) in [7, 11) is 3.51. The van der Waals surface area contributed by atoms with Crippen molar-refractivity contribution in [3.8, 4) is 0 Å². The average molecular weight is 310 g/mol. The van der Waals surface area contributed by atoms with Crippen molar-refractivity contribution in [2.45, 2.75) is 50.6 Å². The minimum Gasteiger partial charge on any atom is -0.382 e. The van der Waals surface area contributed by atoms with E-state index in [1.807, 2.05) is 12.4 Å². The fourth-order valence-electron chi connectivity index (χ4n) is 3.14. The highest BCUT2D eigenvalue weighted by molar-refractivity contribution is 5.65. The molecule has 2 aliphatic rings. The van der Waals surface area contributed by atoms with Gasteiger partial charge in [0.2, 0.25) is 0 Å². The van der Waals surface area contributed by atoms with E-state index in [1.165, 1.54) is 25.7 Å². The summed E-state index contributed by atoms with van der Waals surface area (Å²) in [6.07, 6.45) is 10.7. The van der Waals surface area contributed by atoms with Crippen molar-refractivity contribution in [1.82, 2.24) is 10.0 Å². The Hall–Kier alpha value is -1.14. The minimum absolute atomic E-state index is 0.453. The number of rotatable bonds is 9. The maximum absolute atomic E-state index is 5.24. The van der Waals surface area contributed by atoms with Gasteiger partial charge >= 0.3 is 0 Å². The molecule has 0 N–H and O–H groups in total. The fraction of sp³-hybridized carbons (Fsp3) is 0.875. The molecule has 2 fully saturated rings. The van der Waals surface area contributed by atoms with Gasteiger partial charge in [-0.3, -0.25) is 10.0 Å². The van der Waals surface area contributed by atoms with E-state index in [2.05, 4.69) is 20.2 Å². The van der Waals surface area contributed by atoms with Crippen molar-refractivity contribution in [1.29, 1.82) is 0 Å². The van der Waals surface area contributed by atoms with Crippen molar-refractivity contribution in [3.05, 3.63) is 0 Å². The monoisotopic (exact) mass is 310 g/mol. The van der Waals surface area contributed by atoms with Gasteiger partial charge in [-0.05, 0) is 38.5 Å². The first-order valence-electron chi connectivity index (χ1n) is 8.41. The largest absolute Gasteiger partial charge is 0.382 e. The van der Waals surface area contributed by atoms with E-state index in [4.69, 9.17) is 9.47 Å². The molecule has 6 heteroatoms. The van der Waals surface area contributed by atoms with Crippen LogP contribution in [0.15, 0.2) is 10.2 Å². The molecule has 0 aromatic carbocycles. The summed E-state index contributed by atoms with van der Waals surface area (Å²) in [6.45, 7) is 3.64. The van der Waals surface area contributed by atoms with Crippen molar-refractivity contribution < 1.29 is 9.47 Å². The van der Waals surface area contributed by atoms with Gasteiger partial charge in [0, 0.05) is 39.7 Å². The van der Waals surface area contributed by atoms with E-state index in [-0.39, 0.29) is 0 Å². The summed E-state index contributed by atoms with van der Waals surface area (Å²) in [5.74, 6) is 0. The third-order valence-electron chi connectivity index (χ3n) is 4.30. The fourth-order valence-corrected chi connectivity index (χ4v) is 3.14. The third kappa shape index (κ3) is 5.25. The second-order valence-corrected chi connectivity index (χ2v) is 6.00. The lowest BCUT2D eigenvalue weighted by atomic mass is 10.2. The highest BCUT2D eigenvalue weighted by Crippen LogP contribution is 2.18. The number of ether oxygens (including phenoxy) is 2. The van der Waals surface area contributed by atoms with Crippen molar-refractivity contribution in [3.63, 3.8) is 0 Å². The van der Waals surface area contributed by atoms with Gasteiger partial charge in [-0.2, -0.15) is 10.2 Å². The Morgan fingerprint density at radius 3 is 1.73 bits per heavy atom. The van der Waals surface area contributed by atoms with E-state index in [0.29, 0.717) is 12.1 Å². The third-order valence-corrected chi connectivity index (χ3v) is 4.30. The molecule has 2 rings (SSSR count). The smallest absolute Gasteiger partial charge is 0.0704 e. The van der Waals surface area contributed by atoms with E-state index >= 15 is 0 Å². The van der Waals surface area contributed by atoms with E-state index in [0.717, 1.165) is 39.1 Å². The van der Waals surface area contributed by atoms with Crippen LogP contribution in [0.4, 0.5) is 0 Å². The maximum atomic E-state index is 5.24. The number of hydrogen-bond acceptors (Lipinski definition) is 6. The molecule has 2 heterocycles. The maximum Gasteiger partial charge on any atom is 0.0704 e. The second-order valence-electron chi connectivity index (χ2n) is 6.00. The lowest BCUT2D eigenvalue weighted by Crippen LogP contribution is -2.28. The summed E-state index contributed by atoms with van der Waals surface area (Å²) in [5.41, 5.74) is 0. The van der Waals surface area contributed by atoms with Crippen molar-refractivity contribution in [2.75, 3.05) is 40.5 Å². The van der Waals surface area contributed by atoms with Crippen LogP contribution in [0.2, 0.25) is 0 Å². The van der Waals surface area contributed by atoms with Crippen LogP contribution in [0.1, 0.15) is 38.5 Å². The molecule has 0 aromatic heterocycles.